The molecule has 2 aromatic carbocycles. The summed E-state index contributed by atoms with van der Waals surface area (Å²) >= 11 is 0. The third-order valence-electron chi connectivity index (χ3n) is 7.27. The monoisotopic (exact) mass is 534 g/mol. The number of aliphatic carboxylic acids is 1. The number of likely N-dealkylation sites (N-methyl/N-ethyl adjacent to an activating group) is 1. The summed E-state index contributed by atoms with van der Waals surface area (Å²) in [5.41, 5.74) is 6.08. The Balaban J connectivity index is 1.37. The number of unbranched alkanes of at least 4 members (excludes halogenated alkanes) is 4. The number of aryl methyl sites for hydroxylation is 4. The van der Waals surface area contributed by atoms with E-state index < -0.39 is 24.1 Å². The van der Waals surface area contributed by atoms with Crippen LogP contribution in [0.2, 0.25) is 0 Å². The van der Waals surface area contributed by atoms with Crippen LogP contribution in [0.1, 0.15) is 60.8 Å². The molecule has 0 radical (unpaired) electrons. The second-order valence-corrected chi connectivity index (χ2v) is 10.4. The molecule has 2 N–H and O–H groups in total. The maximum atomic E-state index is 12.9. The van der Waals surface area contributed by atoms with Crippen molar-refractivity contribution in [2.24, 2.45) is 0 Å². The van der Waals surface area contributed by atoms with Gasteiger partial charge < -0.3 is 19.8 Å². The summed E-state index contributed by atoms with van der Waals surface area (Å²) in [4.78, 5) is 30.2. The van der Waals surface area contributed by atoms with E-state index in [1.54, 1.807) is 13.2 Å². The standard InChI is InChI=1S/C32H42N2O5/c1-23-14-15-25(21-24(23)2)11-7-5-9-20-39-30(29(35)32(37)38)31(36)34(3)19-8-4-6-12-26-16-17-27-13-10-18-33-28(27)22-26/h10,13-18,21-22,29-30,35H,4-9,11-12,19-20H2,1-3H3,(H,37,38). The van der Waals surface area contributed by atoms with Crippen LogP contribution in [0.3, 0.4) is 0 Å². The number of aliphatic hydroxyl groups is 1. The molecule has 0 aliphatic rings. The third kappa shape index (κ3) is 9.44. The van der Waals surface area contributed by atoms with Crippen molar-refractivity contribution in [2.45, 2.75) is 77.4 Å². The first-order valence-corrected chi connectivity index (χ1v) is 13.9. The van der Waals surface area contributed by atoms with Crippen LogP contribution in [-0.4, -0.2) is 64.4 Å². The highest BCUT2D eigenvalue weighted by atomic mass is 16.5. The largest absolute Gasteiger partial charge is 0.479 e. The molecule has 0 bridgehead atoms. The Morgan fingerprint density at radius 2 is 1.59 bits per heavy atom. The van der Waals surface area contributed by atoms with Crippen molar-refractivity contribution in [2.75, 3.05) is 20.2 Å². The fourth-order valence-electron chi connectivity index (χ4n) is 4.65. The summed E-state index contributed by atoms with van der Waals surface area (Å²) in [5.74, 6) is -1.96. The van der Waals surface area contributed by atoms with Gasteiger partial charge in [-0.05, 0) is 86.8 Å². The molecule has 7 heteroatoms. The summed E-state index contributed by atoms with van der Waals surface area (Å²) in [6.45, 7) is 4.91. The van der Waals surface area contributed by atoms with E-state index in [0.29, 0.717) is 13.0 Å². The molecule has 39 heavy (non-hydrogen) atoms. The van der Waals surface area contributed by atoms with E-state index in [1.165, 1.54) is 27.2 Å². The number of hydrogen-bond donors (Lipinski definition) is 2. The number of benzene rings is 2. The fourth-order valence-corrected chi connectivity index (χ4v) is 4.65. The molecule has 3 rings (SSSR count). The lowest BCUT2D eigenvalue weighted by Gasteiger charge is -2.25. The first-order chi connectivity index (χ1) is 18.8. The molecule has 210 valence electrons. The van der Waals surface area contributed by atoms with Gasteiger partial charge in [0.05, 0.1) is 5.52 Å². The van der Waals surface area contributed by atoms with Gasteiger partial charge in [0, 0.05) is 31.8 Å². The number of carbonyl (C=O) groups excluding carboxylic acids is 1. The lowest BCUT2D eigenvalue weighted by atomic mass is 10.0. The van der Waals surface area contributed by atoms with Crippen molar-refractivity contribution >= 4 is 22.8 Å². The molecule has 2 unspecified atom stereocenters. The van der Waals surface area contributed by atoms with Crippen molar-refractivity contribution in [3.8, 4) is 0 Å². The summed E-state index contributed by atoms with van der Waals surface area (Å²) < 4.78 is 5.63. The summed E-state index contributed by atoms with van der Waals surface area (Å²) in [7, 11) is 1.63. The van der Waals surface area contributed by atoms with Crippen LogP contribution in [0.4, 0.5) is 0 Å². The normalized spacial score (nSPS) is 12.8. The van der Waals surface area contributed by atoms with Crippen molar-refractivity contribution in [3.05, 3.63) is 77.0 Å². The molecule has 1 amide bonds. The maximum absolute atomic E-state index is 12.9. The molecule has 1 heterocycles. The number of aromatic nitrogens is 1. The van der Waals surface area contributed by atoms with Crippen molar-refractivity contribution < 1.29 is 24.5 Å². The van der Waals surface area contributed by atoms with E-state index >= 15 is 0 Å². The lowest BCUT2D eigenvalue weighted by molar-refractivity contribution is -0.166. The lowest BCUT2D eigenvalue weighted by Crippen LogP contribution is -2.48. The molecule has 0 saturated carbocycles. The predicted octanol–water partition coefficient (Wildman–Crippen LogP) is 5.27. The van der Waals surface area contributed by atoms with Crippen molar-refractivity contribution in [1.82, 2.24) is 9.88 Å². The molecule has 3 aromatic rings. The molecule has 7 nitrogen and oxygen atoms in total. The highest BCUT2D eigenvalue weighted by Gasteiger charge is 2.34. The Labute approximate surface area is 231 Å². The Hall–Kier alpha value is -3.29. The van der Waals surface area contributed by atoms with Crippen molar-refractivity contribution in [1.29, 1.82) is 0 Å². The summed E-state index contributed by atoms with van der Waals surface area (Å²) in [6, 6.07) is 16.8. The van der Waals surface area contributed by atoms with Crippen LogP contribution >= 0.6 is 0 Å². The van der Waals surface area contributed by atoms with Crippen molar-refractivity contribution in [3.63, 3.8) is 0 Å². The smallest absolute Gasteiger partial charge is 0.335 e. The van der Waals surface area contributed by atoms with Gasteiger partial charge in [-0.15, -0.1) is 0 Å². The van der Waals surface area contributed by atoms with Crippen LogP contribution in [0.25, 0.3) is 10.9 Å². The van der Waals surface area contributed by atoms with Gasteiger partial charge in [0.2, 0.25) is 0 Å². The number of hydrogen-bond acceptors (Lipinski definition) is 5. The van der Waals surface area contributed by atoms with E-state index in [9.17, 15) is 19.8 Å². The first kappa shape index (κ1) is 30.3. The number of aliphatic hydroxyl groups excluding tert-OH is 1. The van der Waals surface area contributed by atoms with Gasteiger partial charge in [-0.2, -0.15) is 0 Å². The number of fused-ring (bicyclic) bond motifs is 1. The number of rotatable bonds is 16. The Kier molecular flexibility index (Phi) is 11.9. The highest BCUT2D eigenvalue weighted by Crippen LogP contribution is 2.16. The van der Waals surface area contributed by atoms with E-state index in [-0.39, 0.29) is 6.61 Å². The molecule has 2 atom stereocenters. The number of nitrogens with zero attached hydrogens (tertiary/aromatic N) is 2. The van der Waals surface area contributed by atoms with E-state index in [4.69, 9.17) is 4.74 Å². The number of amides is 1. The number of pyridine rings is 1. The van der Waals surface area contributed by atoms with Gasteiger partial charge in [-0.25, -0.2) is 4.79 Å². The molecule has 0 fully saturated rings. The van der Waals surface area contributed by atoms with E-state index in [0.717, 1.165) is 55.8 Å². The van der Waals surface area contributed by atoms with E-state index in [2.05, 4.69) is 55.2 Å². The Morgan fingerprint density at radius 3 is 2.31 bits per heavy atom. The number of carboxylic acids is 1. The zero-order valence-corrected chi connectivity index (χ0v) is 23.4. The average molecular weight is 535 g/mol. The number of ether oxygens (including phenoxy) is 1. The molecular weight excluding hydrogens is 492 g/mol. The molecule has 0 saturated heterocycles. The predicted molar refractivity (Wildman–Crippen MR) is 154 cm³/mol. The van der Waals surface area contributed by atoms with Gasteiger partial charge in [0.1, 0.15) is 0 Å². The minimum atomic E-state index is -1.89. The van der Waals surface area contributed by atoms with Crippen LogP contribution in [0.5, 0.6) is 0 Å². The zero-order chi connectivity index (χ0) is 28.2. The summed E-state index contributed by atoms with van der Waals surface area (Å²) in [5, 5.41) is 20.6. The summed E-state index contributed by atoms with van der Waals surface area (Å²) in [6.07, 6.45) is 5.61. The van der Waals surface area contributed by atoms with Gasteiger partial charge in [-0.1, -0.05) is 49.2 Å². The van der Waals surface area contributed by atoms with E-state index in [1.807, 2.05) is 12.1 Å². The second-order valence-electron chi connectivity index (χ2n) is 10.4. The topological polar surface area (TPSA) is 100.0 Å². The maximum Gasteiger partial charge on any atom is 0.335 e. The van der Waals surface area contributed by atoms with Gasteiger partial charge in [0.25, 0.3) is 5.91 Å². The molecular formula is C32H42N2O5. The number of carboxylic acid groups (broad SMARTS) is 1. The molecule has 0 aliphatic carbocycles. The molecule has 0 spiro atoms. The first-order valence-electron chi connectivity index (χ1n) is 13.9. The highest BCUT2D eigenvalue weighted by molar-refractivity contribution is 5.87. The quantitative estimate of drug-likeness (QED) is 0.243. The SMILES string of the molecule is Cc1ccc(CCCCCOC(C(=O)N(C)CCCCCc2ccc3cccnc3c2)C(O)C(=O)O)cc1C. The minimum Gasteiger partial charge on any atom is -0.479 e. The molecule has 0 aliphatic heterocycles. The second kappa shape index (κ2) is 15.3. The molecule has 1 aromatic heterocycles. The van der Waals surface area contributed by atoms with Gasteiger partial charge in [0.15, 0.2) is 12.2 Å². The van der Waals surface area contributed by atoms with Crippen LogP contribution in [0.15, 0.2) is 54.7 Å². The Morgan fingerprint density at radius 1 is 0.897 bits per heavy atom. The third-order valence-corrected chi connectivity index (χ3v) is 7.27. The van der Waals surface area contributed by atoms with Crippen LogP contribution in [-0.2, 0) is 27.2 Å². The average Bonchev–Trinajstić information content (AvgIpc) is 2.93. The van der Waals surface area contributed by atoms with Crippen LogP contribution < -0.4 is 0 Å². The fraction of sp³-hybridized carbons (Fsp3) is 0.469. The zero-order valence-electron chi connectivity index (χ0n) is 23.4. The minimum absolute atomic E-state index is 0.224. The van der Waals surface area contributed by atoms with Crippen LogP contribution in [0, 0.1) is 13.8 Å². The van der Waals surface area contributed by atoms with Gasteiger partial charge >= 0.3 is 5.97 Å². The Bertz CT molecular complexity index is 1230. The number of carbonyl (C=O) groups is 2. The van der Waals surface area contributed by atoms with Gasteiger partial charge in [-0.3, -0.25) is 9.78 Å².